The molecule has 5 N–H and O–H groups in total. The van der Waals surface area contributed by atoms with Crippen molar-refractivity contribution in [2.24, 2.45) is 48.0 Å². The third-order valence-electron chi connectivity index (χ3n) is 9.93. The number of nitrogens with zero attached hydrogens (tertiary/aromatic N) is 15. The standard InChI is InChI=1S/C15H10N4OS.C13H9ClN4O3S2.C10H9ClN4OS.C10H9ClN4O/c1-9-12(8-16)15(21-19-9)18-17-13-6-7-14(20)11-5-3-2-4-10(11)13;14-10-6-7(2-4-12(10)19)15-16-13-9-5-8(18-23(20)21)1-3-11(9)17-22-13;1-5-3-7(4-8(11)9(5)16)13-14-10-12-6(2)15-17-10;1-15-10(4-5-12-15)14-13-7-2-3-9(16)8(11)6-7/h2-7,20H,1H3;1-6,18-19H,(H,20,21);3-4,16H,1-2H3;2-6,16H,1H3/p-1. The van der Waals surface area contributed by atoms with E-state index < -0.39 is 11.3 Å². The number of aromatic nitrogens is 6. The van der Waals surface area contributed by atoms with Gasteiger partial charge in [0.25, 0.3) is 0 Å². The Morgan fingerprint density at radius 2 is 1.29 bits per heavy atom. The van der Waals surface area contributed by atoms with Crippen molar-refractivity contribution in [2.45, 2.75) is 20.8 Å². The van der Waals surface area contributed by atoms with Gasteiger partial charge in [0.15, 0.2) is 15.8 Å². The molecule has 0 aliphatic heterocycles. The van der Waals surface area contributed by atoms with E-state index in [0.29, 0.717) is 82.9 Å². The van der Waals surface area contributed by atoms with E-state index in [4.69, 9.17) is 40.1 Å². The fraction of sp³-hybridized carbons (Fsp3) is 0.0833. The highest BCUT2D eigenvalue weighted by atomic mass is 35.5. The summed E-state index contributed by atoms with van der Waals surface area (Å²) in [5.74, 6) is 1.58. The normalized spacial score (nSPS) is 11.6. The molecule has 4 aromatic heterocycles. The second kappa shape index (κ2) is 26.5. The van der Waals surface area contributed by atoms with E-state index >= 15 is 0 Å². The Hall–Kier alpha value is -8.26. The summed E-state index contributed by atoms with van der Waals surface area (Å²) in [7, 11) is 1.78. The summed E-state index contributed by atoms with van der Waals surface area (Å²) in [5.41, 5.74) is 5.12. The number of nitriles is 1. The molecule has 0 fully saturated rings. The minimum atomic E-state index is -2.40. The zero-order valence-corrected chi connectivity index (χ0v) is 45.6. The van der Waals surface area contributed by atoms with Crippen LogP contribution in [-0.4, -0.2) is 57.1 Å². The maximum atomic E-state index is 10.7. The van der Waals surface area contributed by atoms with E-state index in [2.05, 4.69) is 74.9 Å². The number of rotatable bonds is 10. The van der Waals surface area contributed by atoms with Gasteiger partial charge in [-0.2, -0.15) is 23.5 Å². The molecule has 6 aromatic carbocycles. The largest absolute Gasteiger partial charge is 0.755 e. The van der Waals surface area contributed by atoms with Gasteiger partial charge in [-0.1, -0.05) is 59.1 Å². The van der Waals surface area contributed by atoms with Gasteiger partial charge >= 0.3 is 0 Å². The highest BCUT2D eigenvalue weighted by Crippen LogP contribution is 2.38. The number of aromatic hydroxyl groups is 4. The number of hydrogen-bond acceptors (Lipinski definition) is 23. The van der Waals surface area contributed by atoms with Crippen LogP contribution in [-0.2, 0) is 18.3 Å². The maximum absolute atomic E-state index is 10.7. The lowest BCUT2D eigenvalue weighted by Crippen LogP contribution is -2.01. The maximum Gasteiger partial charge on any atom is 0.249 e. The first-order valence-corrected chi connectivity index (χ1v) is 26.2. The fourth-order valence-corrected chi connectivity index (χ4v) is 8.96. The highest BCUT2D eigenvalue weighted by molar-refractivity contribution is 7.80. The first kappa shape index (κ1) is 56.5. The van der Waals surface area contributed by atoms with Gasteiger partial charge in [0, 0.05) is 57.8 Å². The minimum absolute atomic E-state index is 0.0288. The van der Waals surface area contributed by atoms with E-state index in [1.807, 2.05) is 24.3 Å². The number of fused-ring (bicyclic) bond motifs is 2. The average Bonchev–Trinajstić information content (AvgIpc) is 4.24. The van der Waals surface area contributed by atoms with Gasteiger partial charge in [-0.15, -0.1) is 40.9 Å². The van der Waals surface area contributed by atoms with Crippen molar-refractivity contribution in [2.75, 3.05) is 4.72 Å². The molecule has 0 saturated carbocycles. The monoisotopic (exact) mass is 1170 g/mol. The van der Waals surface area contributed by atoms with Crippen molar-refractivity contribution in [1.82, 2.24) is 27.9 Å². The molecule has 0 aliphatic carbocycles. The molecule has 0 radical (unpaired) electrons. The summed E-state index contributed by atoms with van der Waals surface area (Å²) in [6.07, 6.45) is 1.64. The Bertz CT molecular complexity index is 3910. The van der Waals surface area contributed by atoms with Crippen LogP contribution in [0.25, 0.3) is 21.7 Å². The van der Waals surface area contributed by atoms with Gasteiger partial charge in [0.1, 0.15) is 40.5 Å². The van der Waals surface area contributed by atoms with Gasteiger partial charge < -0.3 is 29.7 Å². The Morgan fingerprint density at radius 3 is 1.91 bits per heavy atom. The third kappa shape index (κ3) is 15.4. The Morgan fingerprint density at radius 1 is 0.649 bits per heavy atom. The van der Waals surface area contributed by atoms with Crippen LogP contribution >= 0.6 is 69.4 Å². The van der Waals surface area contributed by atoms with Crippen LogP contribution in [0.5, 0.6) is 23.0 Å². The van der Waals surface area contributed by atoms with E-state index in [-0.39, 0.29) is 38.1 Å². The molecule has 10 rings (SSSR count). The summed E-state index contributed by atoms with van der Waals surface area (Å²) >= 11 is 18.4. The van der Waals surface area contributed by atoms with Crippen LogP contribution < -0.4 is 4.72 Å². The molecule has 22 nitrogen and oxygen atoms in total. The first-order valence-electron chi connectivity index (χ1n) is 21.7. The van der Waals surface area contributed by atoms with Crippen LogP contribution in [0.15, 0.2) is 156 Å². The zero-order valence-electron chi connectivity index (χ0n) is 40.1. The van der Waals surface area contributed by atoms with E-state index in [1.165, 1.54) is 35.8 Å². The average molecular weight is 1170 g/mol. The van der Waals surface area contributed by atoms with Crippen LogP contribution in [0, 0.1) is 32.1 Å². The van der Waals surface area contributed by atoms with E-state index in [0.717, 1.165) is 33.8 Å². The summed E-state index contributed by atoms with van der Waals surface area (Å²) in [4.78, 5) is 4.05. The quantitative estimate of drug-likeness (QED) is 0.0630. The van der Waals surface area contributed by atoms with Gasteiger partial charge in [-0.25, -0.2) is 9.67 Å². The molecule has 0 saturated heterocycles. The molecule has 0 aliphatic rings. The molecule has 1 atom stereocenters. The molecule has 4 heterocycles. The minimum Gasteiger partial charge on any atom is -0.755 e. The number of aryl methyl sites for hydroxylation is 4. The first-order chi connectivity index (χ1) is 37.0. The number of halogens is 3. The lowest BCUT2D eigenvalue weighted by Gasteiger charge is -2.07. The molecule has 0 amide bonds. The number of hydrogen-bond donors (Lipinski definition) is 5. The van der Waals surface area contributed by atoms with Gasteiger partial charge in [0.05, 0.1) is 55.2 Å². The predicted molar refractivity (Wildman–Crippen MR) is 298 cm³/mol. The number of nitrogens with one attached hydrogen (secondary N) is 1. The Labute approximate surface area is 466 Å². The van der Waals surface area contributed by atoms with Crippen molar-refractivity contribution in [3.05, 3.63) is 153 Å². The van der Waals surface area contributed by atoms with Gasteiger partial charge in [-0.3, -0.25) is 4.21 Å². The van der Waals surface area contributed by atoms with Crippen LogP contribution in [0.1, 0.15) is 22.6 Å². The number of benzene rings is 6. The second-order valence-electron chi connectivity index (χ2n) is 15.4. The molecular formula is C48H36Cl3N16O6S4-. The smallest absolute Gasteiger partial charge is 0.249 e. The molecule has 10 aromatic rings. The summed E-state index contributed by atoms with van der Waals surface area (Å²) in [6.45, 7) is 5.30. The van der Waals surface area contributed by atoms with Gasteiger partial charge in [-0.05, 0) is 128 Å². The van der Waals surface area contributed by atoms with Gasteiger partial charge in [0.2, 0.25) is 5.13 Å². The molecule has 0 bridgehead atoms. The lowest BCUT2D eigenvalue weighted by molar-refractivity contribution is 0.471. The zero-order chi connectivity index (χ0) is 55.2. The molecular weight excluding hydrogens is 1130 g/mol. The molecule has 29 heteroatoms. The topological polar surface area (TPSA) is 325 Å². The molecule has 0 spiro atoms. The summed E-state index contributed by atoms with van der Waals surface area (Å²) in [5, 5.41) is 87.8. The van der Waals surface area contributed by atoms with Crippen molar-refractivity contribution in [1.29, 1.82) is 5.26 Å². The molecule has 77 heavy (non-hydrogen) atoms. The number of azo groups is 4. The number of anilines is 1. The van der Waals surface area contributed by atoms with Crippen molar-refractivity contribution >= 4 is 152 Å². The number of phenols is 4. The SMILES string of the molecule is Cc1nsc(N=Nc2cc(C)c(O)c(Cl)c2)n1.Cc1nsc(N=Nc2ccc(O)c3ccccc23)c1C#N.Cn1nccc1N=Nc1ccc(O)c(Cl)c1.O=S([O-])Nc1ccc2nsc(N=Nc3ccc(O)c(Cl)c3)c2c1. The van der Waals surface area contributed by atoms with Crippen molar-refractivity contribution in [3.63, 3.8) is 0 Å². The van der Waals surface area contributed by atoms with Crippen LogP contribution in [0.4, 0.5) is 49.4 Å². The molecule has 390 valence electrons. The van der Waals surface area contributed by atoms with E-state index in [9.17, 15) is 29.2 Å². The number of phenolic OH excluding ortho intramolecular Hbond substituents is 4. The second-order valence-corrected chi connectivity index (χ2v) is 19.5. The van der Waals surface area contributed by atoms with E-state index in [1.54, 1.807) is 99.4 Å². The molecule has 1 unspecified atom stereocenters. The van der Waals surface area contributed by atoms with Crippen molar-refractivity contribution < 1.29 is 29.2 Å². The lowest BCUT2D eigenvalue weighted by atomic mass is 10.1. The van der Waals surface area contributed by atoms with Crippen LogP contribution in [0.3, 0.4) is 0 Å². The Kier molecular flexibility index (Phi) is 19.4. The van der Waals surface area contributed by atoms with Crippen LogP contribution in [0.2, 0.25) is 15.1 Å². The summed E-state index contributed by atoms with van der Waals surface area (Å²) < 4.78 is 37.6. The van der Waals surface area contributed by atoms with Crippen molar-refractivity contribution in [3.8, 4) is 29.1 Å². The highest BCUT2D eigenvalue weighted by Gasteiger charge is 2.12. The Balaban J connectivity index is 0.000000151. The third-order valence-corrected chi connectivity index (χ3v) is 13.5. The fourth-order valence-electron chi connectivity index (χ4n) is 6.17. The predicted octanol–water partition coefficient (Wildman–Crippen LogP) is 16.0. The summed E-state index contributed by atoms with van der Waals surface area (Å²) in [6, 6.07) is 31.8.